The number of nitrogens with zero attached hydrogens (tertiary/aromatic N) is 3. The minimum atomic E-state index is 0.827. The van der Waals surface area contributed by atoms with Crippen LogP contribution in [-0.2, 0) is 6.54 Å². The predicted molar refractivity (Wildman–Crippen MR) is 62.3 cm³/mol. The van der Waals surface area contributed by atoms with Gasteiger partial charge in [0, 0.05) is 6.54 Å². The van der Waals surface area contributed by atoms with Gasteiger partial charge in [0.25, 0.3) is 0 Å². The molecule has 0 fully saturated rings. The standard InChI is InChI=1S/C12H15N3O/c1-3-8-15-9-13-14-12(15)10-6-4-5-7-11(10)16-2/h4-7,9H,3,8H2,1-2H3. The van der Waals surface area contributed by atoms with Gasteiger partial charge in [0.05, 0.1) is 12.7 Å². The minimum absolute atomic E-state index is 0.827. The van der Waals surface area contributed by atoms with Gasteiger partial charge in [-0.1, -0.05) is 19.1 Å². The van der Waals surface area contributed by atoms with E-state index in [-0.39, 0.29) is 0 Å². The highest BCUT2D eigenvalue weighted by molar-refractivity contribution is 5.63. The molecule has 16 heavy (non-hydrogen) atoms. The quantitative estimate of drug-likeness (QED) is 0.789. The lowest BCUT2D eigenvalue weighted by Crippen LogP contribution is -1.99. The van der Waals surface area contributed by atoms with E-state index in [1.807, 2.05) is 28.8 Å². The van der Waals surface area contributed by atoms with E-state index in [1.165, 1.54) is 0 Å². The van der Waals surface area contributed by atoms with Crippen molar-refractivity contribution >= 4 is 0 Å². The van der Waals surface area contributed by atoms with Crippen LogP contribution in [0.1, 0.15) is 13.3 Å². The molecule has 0 bridgehead atoms. The summed E-state index contributed by atoms with van der Waals surface area (Å²) in [5.41, 5.74) is 0.982. The molecule has 1 aromatic heterocycles. The summed E-state index contributed by atoms with van der Waals surface area (Å²) >= 11 is 0. The first-order valence-electron chi connectivity index (χ1n) is 5.38. The van der Waals surface area contributed by atoms with Gasteiger partial charge in [-0.05, 0) is 18.6 Å². The van der Waals surface area contributed by atoms with Crippen molar-refractivity contribution in [2.45, 2.75) is 19.9 Å². The Morgan fingerprint density at radius 3 is 2.88 bits per heavy atom. The van der Waals surface area contributed by atoms with Crippen molar-refractivity contribution in [2.24, 2.45) is 0 Å². The summed E-state index contributed by atoms with van der Waals surface area (Å²) in [6, 6.07) is 7.85. The van der Waals surface area contributed by atoms with Crippen LogP contribution in [0.2, 0.25) is 0 Å². The number of para-hydroxylation sites is 1. The average Bonchev–Trinajstić information content (AvgIpc) is 2.77. The lowest BCUT2D eigenvalue weighted by molar-refractivity contribution is 0.416. The van der Waals surface area contributed by atoms with Gasteiger partial charge in [-0.15, -0.1) is 10.2 Å². The van der Waals surface area contributed by atoms with Crippen LogP contribution in [0.25, 0.3) is 11.4 Å². The van der Waals surface area contributed by atoms with Gasteiger partial charge in [-0.3, -0.25) is 0 Å². The van der Waals surface area contributed by atoms with Crippen LogP contribution >= 0.6 is 0 Å². The largest absolute Gasteiger partial charge is 0.496 e. The van der Waals surface area contributed by atoms with Crippen molar-refractivity contribution in [3.63, 3.8) is 0 Å². The summed E-state index contributed by atoms with van der Waals surface area (Å²) in [4.78, 5) is 0. The molecular formula is C12H15N3O. The van der Waals surface area contributed by atoms with Gasteiger partial charge in [0.15, 0.2) is 5.82 Å². The lowest BCUT2D eigenvalue weighted by atomic mass is 10.2. The van der Waals surface area contributed by atoms with E-state index < -0.39 is 0 Å². The molecule has 0 amide bonds. The molecule has 1 aromatic carbocycles. The Morgan fingerprint density at radius 1 is 1.31 bits per heavy atom. The van der Waals surface area contributed by atoms with Gasteiger partial charge < -0.3 is 9.30 Å². The summed E-state index contributed by atoms with van der Waals surface area (Å²) in [5.74, 6) is 1.69. The molecule has 84 valence electrons. The van der Waals surface area contributed by atoms with E-state index >= 15 is 0 Å². The molecule has 2 rings (SSSR count). The average molecular weight is 217 g/mol. The van der Waals surface area contributed by atoms with E-state index in [2.05, 4.69) is 17.1 Å². The fraction of sp³-hybridized carbons (Fsp3) is 0.333. The summed E-state index contributed by atoms with van der Waals surface area (Å²) in [6.07, 6.45) is 2.81. The zero-order valence-corrected chi connectivity index (χ0v) is 9.55. The molecule has 0 unspecified atom stereocenters. The Morgan fingerprint density at radius 2 is 2.12 bits per heavy atom. The third-order valence-electron chi connectivity index (χ3n) is 2.43. The minimum Gasteiger partial charge on any atom is -0.496 e. The molecule has 4 nitrogen and oxygen atoms in total. The first-order chi connectivity index (χ1) is 7.86. The van der Waals surface area contributed by atoms with Crippen molar-refractivity contribution in [2.75, 3.05) is 7.11 Å². The van der Waals surface area contributed by atoms with Crippen LogP contribution in [0.4, 0.5) is 0 Å². The van der Waals surface area contributed by atoms with Crippen LogP contribution in [0.5, 0.6) is 5.75 Å². The number of hydrogen-bond acceptors (Lipinski definition) is 3. The Labute approximate surface area is 94.9 Å². The van der Waals surface area contributed by atoms with Crippen molar-refractivity contribution < 1.29 is 4.74 Å². The molecule has 0 aliphatic heterocycles. The number of aryl methyl sites for hydroxylation is 1. The Hall–Kier alpha value is -1.84. The van der Waals surface area contributed by atoms with Crippen molar-refractivity contribution in [3.05, 3.63) is 30.6 Å². The van der Waals surface area contributed by atoms with E-state index in [9.17, 15) is 0 Å². The van der Waals surface area contributed by atoms with Crippen LogP contribution in [0.15, 0.2) is 30.6 Å². The fourth-order valence-corrected chi connectivity index (χ4v) is 1.70. The molecule has 0 aliphatic rings. The zero-order chi connectivity index (χ0) is 11.4. The second kappa shape index (κ2) is 4.79. The highest BCUT2D eigenvalue weighted by atomic mass is 16.5. The maximum absolute atomic E-state index is 5.32. The molecule has 0 saturated carbocycles. The molecule has 0 saturated heterocycles. The molecule has 0 spiro atoms. The maximum atomic E-state index is 5.32. The molecule has 0 aliphatic carbocycles. The van der Waals surface area contributed by atoms with Crippen molar-refractivity contribution in [3.8, 4) is 17.1 Å². The Kier molecular flexibility index (Phi) is 3.19. The van der Waals surface area contributed by atoms with Crippen LogP contribution in [-0.4, -0.2) is 21.9 Å². The molecule has 4 heteroatoms. The summed E-state index contributed by atoms with van der Waals surface area (Å²) in [7, 11) is 1.67. The maximum Gasteiger partial charge on any atom is 0.167 e. The van der Waals surface area contributed by atoms with Gasteiger partial charge >= 0.3 is 0 Å². The fourth-order valence-electron chi connectivity index (χ4n) is 1.70. The number of hydrogen-bond donors (Lipinski definition) is 0. The summed E-state index contributed by atoms with van der Waals surface area (Å²) in [6.45, 7) is 3.05. The normalized spacial score (nSPS) is 10.4. The summed E-state index contributed by atoms with van der Waals surface area (Å²) in [5, 5.41) is 8.10. The highest BCUT2D eigenvalue weighted by Gasteiger charge is 2.10. The third kappa shape index (κ3) is 1.91. The second-order valence-corrected chi connectivity index (χ2v) is 3.55. The first kappa shape index (κ1) is 10.7. The molecular weight excluding hydrogens is 202 g/mol. The summed E-state index contributed by atoms with van der Waals surface area (Å²) < 4.78 is 7.36. The Bertz CT molecular complexity index is 465. The van der Waals surface area contributed by atoms with E-state index in [0.29, 0.717) is 0 Å². The monoisotopic (exact) mass is 217 g/mol. The van der Waals surface area contributed by atoms with Gasteiger partial charge in [-0.2, -0.15) is 0 Å². The van der Waals surface area contributed by atoms with Crippen LogP contribution < -0.4 is 4.74 Å². The number of ether oxygens (including phenoxy) is 1. The number of methoxy groups -OCH3 is 1. The molecule has 0 radical (unpaired) electrons. The van der Waals surface area contributed by atoms with Crippen LogP contribution in [0, 0.1) is 0 Å². The van der Waals surface area contributed by atoms with Gasteiger partial charge in [-0.25, -0.2) is 0 Å². The van der Waals surface area contributed by atoms with E-state index in [0.717, 1.165) is 30.1 Å². The molecule has 2 aromatic rings. The topological polar surface area (TPSA) is 39.9 Å². The number of aromatic nitrogens is 3. The van der Waals surface area contributed by atoms with E-state index in [4.69, 9.17) is 4.74 Å². The lowest BCUT2D eigenvalue weighted by Gasteiger charge is -2.08. The SMILES string of the molecule is CCCn1cnnc1-c1ccccc1OC. The second-order valence-electron chi connectivity index (χ2n) is 3.55. The predicted octanol–water partition coefficient (Wildman–Crippen LogP) is 2.36. The number of rotatable bonds is 4. The van der Waals surface area contributed by atoms with Crippen molar-refractivity contribution in [1.29, 1.82) is 0 Å². The van der Waals surface area contributed by atoms with Gasteiger partial charge in [0.1, 0.15) is 12.1 Å². The highest BCUT2D eigenvalue weighted by Crippen LogP contribution is 2.27. The first-order valence-corrected chi connectivity index (χ1v) is 5.38. The van der Waals surface area contributed by atoms with E-state index in [1.54, 1.807) is 13.4 Å². The number of benzene rings is 1. The smallest absolute Gasteiger partial charge is 0.167 e. The molecule has 1 heterocycles. The molecule has 0 N–H and O–H groups in total. The third-order valence-corrected chi connectivity index (χ3v) is 2.43. The van der Waals surface area contributed by atoms with Crippen molar-refractivity contribution in [1.82, 2.24) is 14.8 Å². The van der Waals surface area contributed by atoms with Gasteiger partial charge in [0.2, 0.25) is 0 Å². The zero-order valence-electron chi connectivity index (χ0n) is 9.55. The molecule has 0 atom stereocenters. The Balaban J connectivity index is 2.45. The van der Waals surface area contributed by atoms with Crippen LogP contribution in [0.3, 0.4) is 0 Å².